The molecule has 3 aromatic carbocycles. The Morgan fingerprint density at radius 3 is 2.27 bits per heavy atom. The molecule has 45 heavy (non-hydrogen) atoms. The van der Waals surface area contributed by atoms with Crippen LogP contribution in [0.1, 0.15) is 37.4 Å². The molecule has 3 aromatic rings. The molecule has 3 heterocycles. The first-order valence-corrected chi connectivity index (χ1v) is 17.4. The third kappa shape index (κ3) is 5.66. The van der Waals surface area contributed by atoms with Gasteiger partial charge in [-0.3, -0.25) is 14.4 Å². The summed E-state index contributed by atoms with van der Waals surface area (Å²) in [4.78, 5) is 46.7. The predicted octanol–water partition coefficient (Wildman–Crippen LogP) is 4.99. The van der Waals surface area contributed by atoms with Gasteiger partial charge in [0.15, 0.2) is 0 Å². The number of rotatable bonds is 11. The van der Waals surface area contributed by atoms with E-state index >= 15 is 0 Å². The van der Waals surface area contributed by atoms with Crippen molar-refractivity contribution < 1.29 is 19.5 Å². The van der Waals surface area contributed by atoms with Gasteiger partial charge in [-0.25, -0.2) is 0 Å². The van der Waals surface area contributed by atoms with Crippen LogP contribution in [-0.4, -0.2) is 68.3 Å². The molecule has 3 amide bonds. The normalized spacial score (nSPS) is 27.2. The number of alkyl halides is 1. The Balaban J connectivity index is 1.35. The first-order chi connectivity index (χ1) is 21.8. The topological polar surface area (TPSA) is 102 Å². The molecule has 3 aliphatic heterocycles. The Bertz CT molecular complexity index is 1520. The minimum Gasteiger partial charge on any atom is -0.394 e. The zero-order chi connectivity index (χ0) is 31.7. The molecular formula is C35H39BrN4O4S. The number of carbonyl (C=O) groups is 3. The first kappa shape index (κ1) is 31.6. The summed E-state index contributed by atoms with van der Waals surface area (Å²) < 4.78 is -0.835. The lowest BCUT2D eigenvalue weighted by Gasteiger charge is -2.37. The van der Waals surface area contributed by atoms with E-state index in [1.807, 2.05) is 84.9 Å². The fraction of sp³-hybridized carbons (Fsp3) is 0.400. The van der Waals surface area contributed by atoms with Crippen LogP contribution in [-0.2, 0) is 20.9 Å². The van der Waals surface area contributed by atoms with Crippen LogP contribution in [0.25, 0.3) is 0 Å². The average Bonchev–Trinajstić information content (AvgIpc) is 3.66. The zero-order valence-electron chi connectivity index (χ0n) is 25.4. The zero-order valence-corrected chi connectivity index (χ0v) is 27.8. The molecule has 6 rings (SSSR count). The molecule has 3 saturated heterocycles. The summed E-state index contributed by atoms with van der Waals surface area (Å²) in [6.45, 7) is 5.96. The van der Waals surface area contributed by atoms with Crippen molar-refractivity contribution >= 4 is 56.8 Å². The van der Waals surface area contributed by atoms with E-state index in [0.29, 0.717) is 18.7 Å². The van der Waals surface area contributed by atoms with Crippen LogP contribution < -0.4 is 15.5 Å². The maximum Gasteiger partial charge on any atom is 0.248 e. The number of nitrogens with zero attached hydrogens (tertiary/aromatic N) is 2. The minimum absolute atomic E-state index is 0.0491. The number of aliphatic hydroxyl groups excluding tert-OH is 1. The number of benzene rings is 3. The minimum atomic E-state index is -0.892. The highest BCUT2D eigenvalue weighted by Crippen LogP contribution is 2.68. The third-order valence-electron chi connectivity index (χ3n) is 9.54. The summed E-state index contributed by atoms with van der Waals surface area (Å²) in [5.74, 6) is -2.07. The highest BCUT2D eigenvalue weighted by atomic mass is 79.9. The molecule has 3 unspecified atom stereocenters. The van der Waals surface area contributed by atoms with Crippen molar-refractivity contribution in [3.63, 3.8) is 0 Å². The Hall–Kier alpha value is -3.34. The lowest BCUT2D eigenvalue weighted by molar-refractivity contribution is -0.142. The van der Waals surface area contributed by atoms with Gasteiger partial charge in [-0.1, -0.05) is 76.6 Å². The monoisotopic (exact) mass is 690 g/mol. The lowest BCUT2D eigenvalue weighted by atomic mass is 9.70. The molecule has 7 atom stereocenters. The fourth-order valence-electron chi connectivity index (χ4n) is 7.49. The lowest BCUT2D eigenvalue weighted by Crippen LogP contribution is -2.53. The van der Waals surface area contributed by atoms with Crippen molar-refractivity contribution in [1.82, 2.24) is 10.2 Å². The number of thioether (sulfide) groups is 1. The summed E-state index contributed by atoms with van der Waals surface area (Å²) in [5.41, 5.74) is 3.41. The van der Waals surface area contributed by atoms with Gasteiger partial charge >= 0.3 is 0 Å². The molecule has 3 N–H and O–H groups in total. The van der Waals surface area contributed by atoms with Crippen molar-refractivity contribution in [2.75, 3.05) is 29.9 Å². The van der Waals surface area contributed by atoms with E-state index in [0.717, 1.165) is 29.9 Å². The van der Waals surface area contributed by atoms with Crippen molar-refractivity contribution in [3.05, 3.63) is 96.1 Å². The van der Waals surface area contributed by atoms with Gasteiger partial charge in [0.2, 0.25) is 17.7 Å². The van der Waals surface area contributed by atoms with Crippen molar-refractivity contribution in [1.29, 1.82) is 0 Å². The summed E-state index contributed by atoms with van der Waals surface area (Å²) in [6.07, 6.45) is 0.559. The molecule has 0 aromatic heterocycles. The van der Waals surface area contributed by atoms with Crippen LogP contribution in [0.15, 0.2) is 84.9 Å². The SMILES string of the molecule is CCN(CC)c1ccc(NC(=O)C2N([C@H](CO)c3ccccc3)C(=O)[C@@H]3[C@@H](C(=O)NCc4ccccc4)[C@@H]4SC23CC4Br)cc1. The van der Waals surface area contributed by atoms with Gasteiger partial charge in [0.1, 0.15) is 6.04 Å². The highest BCUT2D eigenvalue weighted by Gasteiger charge is 2.76. The van der Waals surface area contributed by atoms with Gasteiger partial charge in [0.05, 0.1) is 29.2 Å². The smallest absolute Gasteiger partial charge is 0.248 e. The van der Waals surface area contributed by atoms with E-state index in [1.54, 1.807) is 16.7 Å². The number of halogens is 1. The van der Waals surface area contributed by atoms with Crippen LogP contribution in [0, 0.1) is 11.8 Å². The molecule has 236 valence electrons. The third-order valence-corrected chi connectivity index (χ3v) is 12.8. The van der Waals surface area contributed by atoms with E-state index in [-0.39, 0.29) is 34.4 Å². The second-order valence-electron chi connectivity index (χ2n) is 11.9. The average molecular weight is 692 g/mol. The van der Waals surface area contributed by atoms with E-state index < -0.39 is 28.7 Å². The van der Waals surface area contributed by atoms with E-state index in [9.17, 15) is 19.5 Å². The molecule has 8 nitrogen and oxygen atoms in total. The van der Waals surface area contributed by atoms with Crippen LogP contribution in [0.3, 0.4) is 0 Å². The largest absolute Gasteiger partial charge is 0.394 e. The Labute approximate surface area is 277 Å². The first-order valence-electron chi connectivity index (χ1n) is 15.6. The second kappa shape index (κ2) is 13.2. The number of aliphatic hydroxyl groups is 1. The maximum absolute atomic E-state index is 14.6. The number of hydrogen-bond acceptors (Lipinski definition) is 6. The highest BCUT2D eigenvalue weighted by molar-refractivity contribution is 9.09. The summed E-state index contributed by atoms with van der Waals surface area (Å²) in [7, 11) is 0. The molecule has 0 radical (unpaired) electrons. The molecule has 0 aliphatic carbocycles. The summed E-state index contributed by atoms with van der Waals surface area (Å²) >= 11 is 5.42. The van der Waals surface area contributed by atoms with Crippen molar-refractivity contribution in [2.45, 2.75) is 53.7 Å². The van der Waals surface area contributed by atoms with Gasteiger partial charge in [-0.05, 0) is 55.7 Å². The van der Waals surface area contributed by atoms with Gasteiger partial charge in [-0.15, -0.1) is 11.8 Å². The van der Waals surface area contributed by atoms with E-state index in [1.165, 1.54) is 0 Å². The standard InChI is InChI=1S/C35H39BrN4O4S/c1-3-39(4-2)25-17-15-24(16-18-25)38-33(43)31-35-19-26(36)30(45-35)28(32(42)37-20-22-11-7-5-8-12-22)29(35)34(44)40(31)27(21-41)23-13-9-6-10-14-23/h5-18,26-31,41H,3-4,19-21H2,1-2H3,(H,37,42)(H,38,43)/t26?,27-,28-,29+,30-,31?,35?/m1/s1. The van der Waals surface area contributed by atoms with Gasteiger partial charge in [0.25, 0.3) is 0 Å². The summed E-state index contributed by atoms with van der Waals surface area (Å²) in [5, 5.41) is 16.7. The number of nitrogens with one attached hydrogen (secondary N) is 2. The number of likely N-dealkylation sites (tertiary alicyclic amines) is 1. The van der Waals surface area contributed by atoms with Crippen LogP contribution in [0.5, 0.6) is 0 Å². The van der Waals surface area contributed by atoms with Crippen LogP contribution >= 0.6 is 27.7 Å². The number of hydrogen-bond donors (Lipinski definition) is 3. The van der Waals surface area contributed by atoms with Crippen molar-refractivity contribution in [2.24, 2.45) is 11.8 Å². The number of fused-ring (bicyclic) bond motifs is 1. The summed E-state index contributed by atoms with van der Waals surface area (Å²) in [6, 6.07) is 25.1. The quantitative estimate of drug-likeness (QED) is 0.245. The number of anilines is 2. The Kier molecular flexibility index (Phi) is 9.27. The molecule has 0 saturated carbocycles. The molecule has 2 bridgehead atoms. The van der Waals surface area contributed by atoms with Crippen molar-refractivity contribution in [3.8, 4) is 0 Å². The molecule has 3 aliphatic rings. The van der Waals surface area contributed by atoms with Gasteiger partial charge < -0.3 is 25.5 Å². The fourth-order valence-corrected chi connectivity index (χ4v) is 11.1. The second-order valence-corrected chi connectivity index (χ2v) is 14.6. The number of carbonyl (C=O) groups excluding carboxylic acids is 3. The Morgan fingerprint density at radius 1 is 1.00 bits per heavy atom. The molecule has 10 heteroatoms. The number of amides is 3. The predicted molar refractivity (Wildman–Crippen MR) is 182 cm³/mol. The van der Waals surface area contributed by atoms with Crippen LogP contribution in [0.4, 0.5) is 11.4 Å². The van der Waals surface area contributed by atoms with E-state index in [4.69, 9.17) is 0 Å². The van der Waals surface area contributed by atoms with E-state index in [2.05, 4.69) is 45.3 Å². The van der Waals surface area contributed by atoms with Gasteiger partial charge in [0, 0.05) is 41.1 Å². The Morgan fingerprint density at radius 2 is 1.64 bits per heavy atom. The maximum atomic E-state index is 14.6. The van der Waals surface area contributed by atoms with Crippen LogP contribution in [0.2, 0.25) is 0 Å². The molecular weight excluding hydrogens is 652 g/mol. The van der Waals surface area contributed by atoms with Gasteiger partial charge in [-0.2, -0.15) is 0 Å². The molecule has 3 fully saturated rings. The molecule has 1 spiro atoms.